The van der Waals surface area contributed by atoms with Gasteiger partial charge in [0.15, 0.2) is 0 Å². The van der Waals surface area contributed by atoms with Crippen LogP contribution < -0.4 is 10.2 Å². The van der Waals surface area contributed by atoms with Gasteiger partial charge in [0.05, 0.1) is 12.2 Å². The molecular weight excluding hydrogens is 449 g/mol. The summed E-state index contributed by atoms with van der Waals surface area (Å²) >= 11 is 12.6. The summed E-state index contributed by atoms with van der Waals surface area (Å²) in [7, 11) is 0. The van der Waals surface area contributed by atoms with E-state index in [0.717, 1.165) is 22.4 Å². The molecule has 1 N–H and O–H groups in total. The minimum absolute atomic E-state index is 0.144. The van der Waals surface area contributed by atoms with E-state index in [1.54, 1.807) is 48.7 Å². The Hall–Kier alpha value is -3.35. The second-order valence-corrected chi connectivity index (χ2v) is 8.05. The molecule has 0 saturated carbocycles. The summed E-state index contributed by atoms with van der Waals surface area (Å²) < 4.78 is 1.82. The number of nitrogens with zero attached hydrogens (tertiary/aromatic N) is 2. The van der Waals surface area contributed by atoms with Gasteiger partial charge in [0.25, 0.3) is 11.8 Å². The number of anilines is 1. The van der Waals surface area contributed by atoms with E-state index >= 15 is 0 Å². The molecule has 4 rings (SSSR count). The zero-order valence-corrected chi connectivity index (χ0v) is 18.7. The summed E-state index contributed by atoms with van der Waals surface area (Å²) in [5, 5.41) is 3.28. The van der Waals surface area contributed by atoms with E-state index < -0.39 is 17.8 Å². The lowest BCUT2D eigenvalue weighted by Crippen LogP contribution is -2.54. The number of carbonyl (C=O) groups excluding carboxylic acids is 3. The summed E-state index contributed by atoms with van der Waals surface area (Å²) in [4.78, 5) is 39.0. The predicted octanol–water partition coefficient (Wildman–Crippen LogP) is 5.07. The fourth-order valence-corrected chi connectivity index (χ4v) is 3.99. The minimum Gasteiger partial charge on any atom is -0.343 e. The van der Waals surface area contributed by atoms with Crippen molar-refractivity contribution in [1.29, 1.82) is 0 Å². The highest BCUT2D eigenvalue weighted by molar-refractivity contribution is 6.39. The number of hydrogen-bond donors (Lipinski definition) is 1. The molecule has 32 heavy (non-hydrogen) atoms. The van der Waals surface area contributed by atoms with Crippen molar-refractivity contribution in [2.24, 2.45) is 0 Å². The molecule has 8 heteroatoms. The lowest BCUT2D eigenvalue weighted by atomic mass is 10.1. The van der Waals surface area contributed by atoms with Crippen LogP contribution in [0.5, 0.6) is 0 Å². The fourth-order valence-electron chi connectivity index (χ4n) is 3.48. The number of urea groups is 1. The number of aromatic nitrogens is 1. The third kappa shape index (κ3) is 4.20. The lowest BCUT2D eigenvalue weighted by molar-refractivity contribution is -0.122. The Kier molecular flexibility index (Phi) is 6.17. The molecule has 0 aliphatic carbocycles. The van der Waals surface area contributed by atoms with Gasteiger partial charge in [-0.25, -0.2) is 9.69 Å². The van der Waals surface area contributed by atoms with Crippen molar-refractivity contribution in [2.75, 3.05) is 4.90 Å². The SMILES string of the molecule is CCc1ccc(N2C(=O)NC(=O)/C(=C/c3cccn3Cc3c(Cl)cccc3Cl)C2=O)cc1. The first-order valence-electron chi connectivity index (χ1n) is 9.97. The summed E-state index contributed by atoms with van der Waals surface area (Å²) in [6, 6.07) is 15.1. The highest BCUT2D eigenvalue weighted by atomic mass is 35.5. The van der Waals surface area contributed by atoms with Gasteiger partial charge >= 0.3 is 6.03 Å². The largest absolute Gasteiger partial charge is 0.343 e. The molecule has 6 nitrogen and oxygen atoms in total. The number of benzene rings is 2. The number of barbiturate groups is 1. The predicted molar refractivity (Wildman–Crippen MR) is 125 cm³/mol. The van der Waals surface area contributed by atoms with E-state index in [1.807, 2.05) is 23.6 Å². The van der Waals surface area contributed by atoms with Gasteiger partial charge in [-0.05, 0) is 54.5 Å². The molecule has 0 atom stereocenters. The van der Waals surface area contributed by atoms with Crippen molar-refractivity contribution < 1.29 is 14.4 Å². The van der Waals surface area contributed by atoms with Crippen LogP contribution in [0.1, 0.15) is 23.7 Å². The number of carbonyl (C=O) groups is 3. The molecule has 0 bridgehead atoms. The zero-order chi connectivity index (χ0) is 22.8. The monoisotopic (exact) mass is 467 g/mol. The molecular formula is C24H19Cl2N3O3. The average molecular weight is 468 g/mol. The van der Waals surface area contributed by atoms with Crippen molar-refractivity contribution in [1.82, 2.24) is 9.88 Å². The second-order valence-electron chi connectivity index (χ2n) is 7.24. The number of imide groups is 2. The first kappa shape index (κ1) is 21.9. The van der Waals surface area contributed by atoms with Crippen LogP contribution in [0, 0.1) is 0 Å². The van der Waals surface area contributed by atoms with E-state index in [2.05, 4.69) is 5.32 Å². The van der Waals surface area contributed by atoms with Gasteiger partial charge < -0.3 is 4.57 Å². The zero-order valence-electron chi connectivity index (χ0n) is 17.1. The third-order valence-corrected chi connectivity index (χ3v) is 5.96. The molecule has 1 aliphatic heterocycles. The topological polar surface area (TPSA) is 71.4 Å². The van der Waals surface area contributed by atoms with Crippen molar-refractivity contribution in [3.63, 3.8) is 0 Å². The minimum atomic E-state index is -0.778. The van der Waals surface area contributed by atoms with Crippen LogP contribution in [0.4, 0.5) is 10.5 Å². The Bertz CT molecular complexity index is 1230. The summed E-state index contributed by atoms with van der Waals surface area (Å²) in [5.74, 6) is -1.43. The molecule has 1 fully saturated rings. The molecule has 1 aliphatic rings. The Balaban J connectivity index is 1.68. The highest BCUT2D eigenvalue weighted by Crippen LogP contribution is 2.27. The molecule has 2 aromatic carbocycles. The molecule has 162 valence electrons. The normalized spacial score (nSPS) is 15.4. The Morgan fingerprint density at radius 3 is 2.28 bits per heavy atom. The number of aryl methyl sites for hydroxylation is 1. The van der Waals surface area contributed by atoms with Gasteiger partial charge in [-0.3, -0.25) is 14.9 Å². The first-order valence-corrected chi connectivity index (χ1v) is 10.7. The maximum atomic E-state index is 13.1. The quantitative estimate of drug-likeness (QED) is 0.420. The van der Waals surface area contributed by atoms with Crippen LogP contribution >= 0.6 is 23.2 Å². The molecule has 2 heterocycles. The molecule has 0 radical (unpaired) electrons. The lowest BCUT2D eigenvalue weighted by Gasteiger charge is -2.26. The van der Waals surface area contributed by atoms with E-state index in [0.29, 0.717) is 28.0 Å². The number of hydrogen-bond acceptors (Lipinski definition) is 3. The smallest absolute Gasteiger partial charge is 0.335 e. The van der Waals surface area contributed by atoms with Crippen LogP contribution in [0.2, 0.25) is 10.0 Å². The summed E-state index contributed by atoms with van der Waals surface area (Å²) in [6.07, 6.45) is 4.09. The standard InChI is InChI=1S/C24H19Cl2N3O3/c1-2-15-8-10-16(11-9-15)29-23(31)18(22(30)27-24(29)32)13-17-5-4-12-28(17)14-19-20(25)6-3-7-21(19)26/h3-13H,2,14H2,1H3,(H,27,30,32)/b18-13-. The summed E-state index contributed by atoms with van der Waals surface area (Å²) in [6.45, 7) is 2.36. The third-order valence-electron chi connectivity index (χ3n) is 5.25. The van der Waals surface area contributed by atoms with Crippen LogP contribution in [0.3, 0.4) is 0 Å². The Labute approximate surface area is 195 Å². The molecule has 0 spiro atoms. The number of amides is 4. The second kappa shape index (κ2) is 9.02. The van der Waals surface area contributed by atoms with Gasteiger partial charge in [0, 0.05) is 27.5 Å². The first-order chi connectivity index (χ1) is 15.4. The van der Waals surface area contributed by atoms with E-state index in [9.17, 15) is 14.4 Å². The van der Waals surface area contributed by atoms with Crippen molar-refractivity contribution >= 4 is 52.8 Å². The molecule has 0 unspecified atom stereocenters. The van der Waals surface area contributed by atoms with Crippen LogP contribution in [0.25, 0.3) is 6.08 Å². The Morgan fingerprint density at radius 1 is 0.938 bits per heavy atom. The molecule has 1 saturated heterocycles. The van der Waals surface area contributed by atoms with E-state index in [1.165, 1.54) is 6.08 Å². The fraction of sp³-hybridized carbons (Fsp3) is 0.125. The molecule has 1 aromatic heterocycles. The van der Waals surface area contributed by atoms with Crippen molar-refractivity contribution in [3.8, 4) is 0 Å². The van der Waals surface area contributed by atoms with Crippen LogP contribution in [-0.2, 0) is 22.6 Å². The van der Waals surface area contributed by atoms with Gasteiger partial charge in [0.1, 0.15) is 5.57 Å². The molecule has 3 aromatic rings. The molecule has 4 amide bonds. The average Bonchev–Trinajstić information content (AvgIpc) is 3.21. The Morgan fingerprint density at radius 2 is 1.62 bits per heavy atom. The van der Waals surface area contributed by atoms with Gasteiger partial charge in [-0.15, -0.1) is 0 Å². The number of rotatable bonds is 5. The maximum absolute atomic E-state index is 13.1. The van der Waals surface area contributed by atoms with E-state index in [4.69, 9.17) is 23.2 Å². The van der Waals surface area contributed by atoms with Gasteiger partial charge in [-0.1, -0.05) is 48.3 Å². The van der Waals surface area contributed by atoms with E-state index in [-0.39, 0.29) is 5.57 Å². The number of nitrogens with one attached hydrogen (secondary N) is 1. The van der Waals surface area contributed by atoms with Crippen LogP contribution in [-0.4, -0.2) is 22.4 Å². The highest BCUT2D eigenvalue weighted by Gasteiger charge is 2.37. The van der Waals surface area contributed by atoms with Crippen LogP contribution in [0.15, 0.2) is 66.4 Å². The van der Waals surface area contributed by atoms with Gasteiger partial charge in [-0.2, -0.15) is 0 Å². The van der Waals surface area contributed by atoms with Crippen molar-refractivity contribution in [2.45, 2.75) is 19.9 Å². The number of halogens is 2. The maximum Gasteiger partial charge on any atom is 0.335 e. The van der Waals surface area contributed by atoms with Gasteiger partial charge in [0.2, 0.25) is 0 Å². The van der Waals surface area contributed by atoms with Crippen molar-refractivity contribution in [3.05, 3.63) is 93.2 Å². The summed E-state index contributed by atoms with van der Waals surface area (Å²) in [5.41, 5.74) is 2.63.